The van der Waals surface area contributed by atoms with E-state index in [9.17, 15) is 4.79 Å². The molecule has 0 fully saturated rings. The third-order valence-corrected chi connectivity index (χ3v) is 3.79. The van der Waals surface area contributed by atoms with Crippen LogP contribution in [-0.2, 0) is 0 Å². The van der Waals surface area contributed by atoms with Gasteiger partial charge in [-0.05, 0) is 48.2 Å². The Morgan fingerprint density at radius 2 is 1.55 bits per heavy atom. The molecular weight excluding hydrogens is 250 g/mol. The summed E-state index contributed by atoms with van der Waals surface area (Å²) < 4.78 is 0. The van der Waals surface area contributed by atoms with Gasteiger partial charge < -0.3 is 15.7 Å². The summed E-state index contributed by atoms with van der Waals surface area (Å²) in [4.78, 5) is 16.8. The summed E-state index contributed by atoms with van der Waals surface area (Å²) in [6, 6.07) is 11.8. The van der Waals surface area contributed by atoms with Crippen molar-refractivity contribution in [3.8, 4) is 0 Å². The molecule has 0 spiro atoms. The lowest BCUT2D eigenvalue weighted by Crippen LogP contribution is -2.12. The normalized spacial score (nSPS) is 12.8. The minimum absolute atomic E-state index is 0.197. The Kier molecular flexibility index (Phi) is 2.95. The predicted octanol–water partition coefficient (Wildman–Crippen LogP) is 2.52. The molecule has 0 amide bonds. The van der Waals surface area contributed by atoms with Crippen molar-refractivity contribution in [1.29, 1.82) is 0 Å². The second kappa shape index (κ2) is 4.65. The topological polar surface area (TPSA) is 74.7 Å². The van der Waals surface area contributed by atoms with Crippen molar-refractivity contribution in [2.45, 2.75) is 19.9 Å². The van der Waals surface area contributed by atoms with Gasteiger partial charge in [0, 0.05) is 0 Å². The van der Waals surface area contributed by atoms with Crippen LogP contribution in [0.15, 0.2) is 41.2 Å². The molecule has 0 aliphatic heterocycles. The highest BCUT2D eigenvalue weighted by atomic mass is 16.1. The highest BCUT2D eigenvalue weighted by Gasteiger charge is 2.11. The van der Waals surface area contributed by atoms with E-state index >= 15 is 0 Å². The third kappa shape index (κ3) is 2.14. The van der Waals surface area contributed by atoms with Gasteiger partial charge in [-0.15, -0.1) is 0 Å². The summed E-state index contributed by atoms with van der Waals surface area (Å²) >= 11 is 0. The van der Waals surface area contributed by atoms with E-state index < -0.39 is 0 Å². The summed E-state index contributed by atoms with van der Waals surface area (Å²) in [5, 5.41) is 0. The van der Waals surface area contributed by atoms with Crippen LogP contribution in [0.3, 0.4) is 0 Å². The van der Waals surface area contributed by atoms with Crippen molar-refractivity contribution in [2.75, 3.05) is 0 Å². The summed E-state index contributed by atoms with van der Waals surface area (Å²) in [5.74, 6) is 0. The molecular formula is C16H17N3O. The van der Waals surface area contributed by atoms with Gasteiger partial charge in [0.2, 0.25) is 0 Å². The lowest BCUT2D eigenvalue weighted by atomic mass is 9.96. The van der Waals surface area contributed by atoms with Crippen LogP contribution in [0.25, 0.3) is 11.0 Å². The minimum Gasteiger partial charge on any atom is -0.320 e. The maximum atomic E-state index is 11.3. The number of imidazole rings is 1. The van der Waals surface area contributed by atoms with Crippen LogP contribution in [0.4, 0.5) is 0 Å². The predicted molar refractivity (Wildman–Crippen MR) is 80.9 cm³/mol. The summed E-state index contributed by atoms with van der Waals surface area (Å²) in [6.07, 6.45) is 0. The first-order chi connectivity index (χ1) is 9.54. The number of aromatic nitrogens is 2. The second-order valence-electron chi connectivity index (χ2n) is 5.21. The quantitative estimate of drug-likeness (QED) is 0.667. The molecule has 1 atom stereocenters. The fraction of sp³-hybridized carbons (Fsp3) is 0.188. The number of rotatable bonds is 2. The molecule has 102 valence electrons. The Bertz CT molecular complexity index is 829. The van der Waals surface area contributed by atoms with Crippen LogP contribution < -0.4 is 11.4 Å². The maximum absolute atomic E-state index is 11.3. The van der Waals surface area contributed by atoms with Gasteiger partial charge in [-0.25, -0.2) is 4.79 Å². The van der Waals surface area contributed by atoms with Crippen LogP contribution in [0.2, 0.25) is 0 Å². The average Bonchev–Trinajstić information content (AvgIpc) is 2.80. The van der Waals surface area contributed by atoms with Crippen LogP contribution >= 0.6 is 0 Å². The van der Waals surface area contributed by atoms with Crippen molar-refractivity contribution in [2.24, 2.45) is 5.73 Å². The molecule has 0 bridgehead atoms. The first-order valence-electron chi connectivity index (χ1n) is 6.59. The van der Waals surface area contributed by atoms with E-state index in [0.29, 0.717) is 0 Å². The number of aromatic amines is 2. The number of aryl methyl sites for hydroxylation is 2. The molecule has 3 aromatic rings. The van der Waals surface area contributed by atoms with Crippen molar-refractivity contribution >= 4 is 11.0 Å². The van der Waals surface area contributed by atoms with Gasteiger partial charge in [-0.1, -0.05) is 24.3 Å². The molecule has 1 unspecified atom stereocenters. The summed E-state index contributed by atoms with van der Waals surface area (Å²) in [7, 11) is 0. The van der Waals surface area contributed by atoms with E-state index in [1.165, 1.54) is 11.1 Å². The van der Waals surface area contributed by atoms with E-state index in [1.807, 2.05) is 18.2 Å². The largest absolute Gasteiger partial charge is 0.323 e. The third-order valence-electron chi connectivity index (χ3n) is 3.79. The Morgan fingerprint density at radius 3 is 2.30 bits per heavy atom. The maximum Gasteiger partial charge on any atom is 0.323 e. The Labute approximate surface area is 116 Å². The van der Waals surface area contributed by atoms with Crippen molar-refractivity contribution in [1.82, 2.24) is 9.97 Å². The van der Waals surface area contributed by atoms with Gasteiger partial charge >= 0.3 is 5.69 Å². The molecule has 0 aliphatic carbocycles. The van der Waals surface area contributed by atoms with Crippen LogP contribution in [0, 0.1) is 13.8 Å². The van der Waals surface area contributed by atoms with E-state index in [4.69, 9.17) is 5.73 Å². The number of nitrogens with one attached hydrogen (secondary N) is 2. The van der Waals surface area contributed by atoms with Gasteiger partial charge in [0.1, 0.15) is 0 Å². The van der Waals surface area contributed by atoms with Gasteiger partial charge in [0.25, 0.3) is 0 Å². The van der Waals surface area contributed by atoms with Crippen LogP contribution in [0.1, 0.15) is 28.3 Å². The van der Waals surface area contributed by atoms with E-state index in [-0.39, 0.29) is 11.7 Å². The molecule has 2 aromatic carbocycles. The molecule has 1 aromatic heterocycles. The molecule has 0 aliphatic rings. The monoisotopic (exact) mass is 267 g/mol. The summed E-state index contributed by atoms with van der Waals surface area (Å²) in [6.45, 7) is 4.17. The smallest absolute Gasteiger partial charge is 0.320 e. The van der Waals surface area contributed by atoms with Crippen LogP contribution in [0.5, 0.6) is 0 Å². The van der Waals surface area contributed by atoms with Crippen molar-refractivity contribution < 1.29 is 0 Å². The molecule has 0 radical (unpaired) electrons. The number of hydrogen-bond donors (Lipinski definition) is 3. The molecule has 4 N–H and O–H groups in total. The zero-order valence-corrected chi connectivity index (χ0v) is 11.5. The molecule has 0 saturated carbocycles. The Hall–Kier alpha value is -2.33. The second-order valence-corrected chi connectivity index (χ2v) is 5.21. The number of hydrogen-bond acceptors (Lipinski definition) is 2. The van der Waals surface area contributed by atoms with Crippen molar-refractivity contribution in [3.63, 3.8) is 0 Å². The minimum atomic E-state index is -0.197. The number of nitrogens with two attached hydrogens (primary N) is 1. The highest BCUT2D eigenvalue weighted by molar-refractivity contribution is 5.75. The first kappa shape index (κ1) is 12.7. The van der Waals surface area contributed by atoms with E-state index in [1.54, 1.807) is 0 Å². The molecule has 4 heteroatoms. The van der Waals surface area contributed by atoms with E-state index in [2.05, 4.69) is 42.0 Å². The molecule has 4 nitrogen and oxygen atoms in total. The molecule has 20 heavy (non-hydrogen) atoms. The van der Waals surface area contributed by atoms with Crippen LogP contribution in [-0.4, -0.2) is 9.97 Å². The van der Waals surface area contributed by atoms with Gasteiger partial charge in [0.15, 0.2) is 0 Å². The molecule has 0 saturated heterocycles. The van der Waals surface area contributed by atoms with Gasteiger partial charge in [0.05, 0.1) is 17.1 Å². The Morgan fingerprint density at radius 1 is 0.900 bits per heavy atom. The zero-order valence-electron chi connectivity index (χ0n) is 11.5. The van der Waals surface area contributed by atoms with Gasteiger partial charge in [-0.2, -0.15) is 0 Å². The first-order valence-corrected chi connectivity index (χ1v) is 6.59. The number of benzene rings is 2. The number of H-pyrrole nitrogens is 2. The lowest BCUT2D eigenvalue weighted by Gasteiger charge is -2.14. The fourth-order valence-electron chi connectivity index (χ4n) is 2.39. The molecule has 1 heterocycles. The average molecular weight is 267 g/mol. The standard InChI is InChI=1S/C16H17N3O/c1-9-3-4-11(7-10(9)2)15(17)12-5-6-13-14(8-12)19-16(20)18-13/h3-8,15H,17H2,1-2H3,(H2,18,19,20). The SMILES string of the molecule is Cc1ccc(C(N)c2ccc3[nH]c(=O)[nH]c3c2)cc1C. The summed E-state index contributed by atoms with van der Waals surface area (Å²) in [5.41, 5.74) is 12.3. The lowest BCUT2D eigenvalue weighted by molar-refractivity contribution is 0.870. The van der Waals surface area contributed by atoms with Crippen molar-refractivity contribution in [3.05, 3.63) is 69.1 Å². The Balaban J connectivity index is 2.04. The van der Waals surface area contributed by atoms with Gasteiger partial charge in [-0.3, -0.25) is 0 Å². The van der Waals surface area contributed by atoms with E-state index in [0.717, 1.165) is 22.2 Å². The number of fused-ring (bicyclic) bond motifs is 1. The fourth-order valence-corrected chi connectivity index (χ4v) is 2.39. The molecule has 3 rings (SSSR count). The zero-order chi connectivity index (χ0) is 14.3. The highest BCUT2D eigenvalue weighted by Crippen LogP contribution is 2.23.